The molecule has 5 nitrogen and oxygen atoms in total. The van der Waals surface area contributed by atoms with Crippen LogP contribution in [0.3, 0.4) is 0 Å². The van der Waals surface area contributed by atoms with Crippen LogP contribution in [-0.4, -0.2) is 26.7 Å². The van der Waals surface area contributed by atoms with Gasteiger partial charge in [-0.2, -0.15) is 0 Å². The number of nitrogens with zero attached hydrogens (tertiary/aromatic N) is 3. The molecule has 0 aromatic carbocycles. The van der Waals surface area contributed by atoms with Gasteiger partial charge in [0.05, 0.1) is 17.9 Å². The molecule has 4 heterocycles. The number of pyridine rings is 1. The van der Waals surface area contributed by atoms with Gasteiger partial charge in [0.15, 0.2) is 0 Å². The van der Waals surface area contributed by atoms with Crippen LogP contribution in [0, 0.1) is 0 Å². The van der Waals surface area contributed by atoms with Crippen LogP contribution in [0.5, 0.6) is 0 Å². The second-order valence-corrected chi connectivity index (χ2v) is 5.99. The summed E-state index contributed by atoms with van der Waals surface area (Å²) < 4.78 is 7.48. The molecule has 0 radical (unpaired) electrons. The van der Waals surface area contributed by atoms with Crippen molar-refractivity contribution in [1.82, 2.24) is 14.3 Å². The fourth-order valence-corrected chi connectivity index (χ4v) is 3.34. The van der Waals surface area contributed by atoms with Gasteiger partial charge in [-0.05, 0) is 37.1 Å². The summed E-state index contributed by atoms with van der Waals surface area (Å²) in [6.45, 7) is 0.770. The van der Waals surface area contributed by atoms with Crippen molar-refractivity contribution in [3.05, 3.63) is 60.4 Å². The maximum atomic E-state index is 13.1. The molecule has 1 unspecified atom stereocenters. The van der Waals surface area contributed by atoms with Gasteiger partial charge in [-0.25, -0.2) is 4.98 Å². The summed E-state index contributed by atoms with van der Waals surface area (Å²) in [4.78, 5) is 19.3. The van der Waals surface area contributed by atoms with E-state index in [9.17, 15) is 4.79 Å². The molecule has 0 bridgehead atoms. The summed E-state index contributed by atoms with van der Waals surface area (Å²) in [6.07, 6.45) is 11.4. The maximum absolute atomic E-state index is 13.1. The van der Waals surface area contributed by atoms with Crippen LogP contribution in [0.2, 0.25) is 0 Å². The molecular formula is C18H19N3O2. The zero-order valence-electron chi connectivity index (χ0n) is 12.9. The first kappa shape index (κ1) is 14.1. The smallest absolute Gasteiger partial charge is 0.255 e. The first-order valence-corrected chi connectivity index (χ1v) is 8.10. The van der Waals surface area contributed by atoms with Gasteiger partial charge in [-0.1, -0.05) is 12.8 Å². The van der Waals surface area contributed by atoms with E-state index in [1.165, 1.54) is 0 Å². The van der Waals surface area contributed by atoms with E-state index in [-0.39, 0.29) is 11.9 Å². The van der Waals surface area contributed by atoms with E-state index in [0.29, 0.717) is 5.56 Å². The fraction of sp³-hybridized carbons (Fsp3) is 0.333. The third kappa shape index (κ3) is 2.63. The lowest BCUT2D eigenvalue weighted by atomic mass is 10.1. The van der Waals surface area contributed by atoms with Gasteiger partial charge >= 0.3 is 0 Å². The predicted molar refractivity (Wildman–Crippen MR) is 86.1 cm³/mol. The van der Waals surface area contributed by atoms with E-state index in [4.69, 9.17) is 4.42 Å². The third-order valence-corrected chi connectivity index (χ3v) is 4.52. The van der Waals surface area contributed by atoms with Crippen molar-refractivity contribution < 1.29 is 9.21 Å². The molecule has 1 aliphatic heterocycles. The van der Waals surface area contributed by atoms with Crippen LogP contribution in [0.25, 0.3) is 5.65 Å². The zero-order chi connectivity index (χ0) is 15.6. The first-order chi connectivity index (χ1) is 11.3. The Morgan fingerprint density at radius 2 is 2.17 bits per heavy atom. The zero-order valence-corrected chi connectivity index (χ0v) is 12.9. The number of furan rings is 1. The van der Waals surface area contributed by atoms with Crippen LogP contribution in [0.1, 0.15) is 47.8 Å². The molecule has 3 aromatic heterocycles. The summed E-state index contributed by atoms with van der Waals surface area (Å²) in [5.74, 6) is 0.938. The number of rotatable bonds is 2. The molecule has 4 rings (SSSR count). The normalized spacial score (nSPS) is 19.0. The number of fused-ring (bicyclic) bond motifs is 1. The van der Waals surface area contributed by atoms with Crippen molar-refractivity contribution in [1.29, 1.82) is 0 Å². The molecule has 1 atom stereocenters. The molecule has 118 valence electrons. The van der Waals surface area contributed by atoms with Crippen LogP contribution < -0.4 is 0 Å². The highest BCUT2D eigenvalue weighted by Gasteiger charge is 2.29. The monoisotopic (exact) mass is 309 g/mol. The summed E-state index contributed by atoms with van der Waals surface area (Å²) in [6, 6.07) is 7.62. The lowest BCUT2D eigenvalue weighted by molar-refractivity contribution is 0.0658. The van der Waals surface area contributed by atoms with Crippen LogP contribution in [0.15, 0.2) is 53.5 Å². The quantitative estimate of drug-likeness (QED) is 0.725. The standard InChI is InChI=1S/C18H19N3O2/c22-18(14-7-8-17-19-9-11-20(17)13-14)21-10-3-1-2-5-15(21)16-6-4-12-23-16/h4,6-9,11-13,15H,1-3,5,10H2. The number of aromatic nitrogens is 2. The second-order valence-electron chi connectivity index (χ2n) is 5.99. The van der Waals surface area contributed by atoms with E-state index in [1.54, 1.807) is 12.5 Å². The highest BCUT2D eigenvalue weighted by molar-refractivity contribution is 5.94. The van der Waals surface area contributed by atoms with Crippen LogP contribution in [0.4, 0.5) is 0 Å². The van der Waals surface area contributed by atoms with E-state index < -0.39 is 0 Å². The van der Waals surface area contributed by atoms with Crippen molar-refractivity contribution in [2.75, 3.05) is 6.54 Å². The lowest BCUT2D eigenvalue weighted by Gasteiger charge is -2.28. The third-order valence-electron chi connectivity index (χ3n) is 4.52. The van der Waals surface area contributed by atoms with Gasteiger partial charge in [0.25, 0.3) is 5.91 Å². The molecule has 1 aliphatic rings. The summed E-state index contributed by atoms with van der Waals surface area (Å²) in [7, 11) is 0. The SMILES string of the molecule is O=C(c1ccc2nccn2c1)N1CCCCCC1c1ccco1. The fourth-order valence-electron chi connectivity index (χ4n) is 3.34. The number of likely N-dealkylation sites (tertiary alicyclic amines) is 1. The number of imidazole rings is 1. The Hall–Kier alpha value is -2.56. The average Bonchev–Trinajstić information content (AvgIpc) is 3.21. The minimum atomic E-state index is 0.0264. The van der Waals surface area contributed by atoms with Crippen molar-refractivity contribution in [2.24, 2.45) is 0 Å². The summed E-state index contributed by atoms with van der Waals surface area (Å²) >= 11 is 0. The molecule has 0 aliphatic carbocycles. The van der Waals surface area contributed by atoms with Gasteiger partial charge in [-0.15, -0.1) is 0 Å². The summed E-state index contributed by atoms with van der Waals surface area (Å²) in [5, 5.41) is 0. The molecule has 1 amide bonds. The Bertz CT molecular complexity index is 807. The first-order valence-electron chi connectivity index (χ1n) is 8.10. The molecule has 0 spiro atoms. The molecule has 5 heteroatoms. The van der Waals surface area contributed by atoms with Crippen LogP contribution in [-0.2, 0) is 0 Å². The van der Waals surface area contributed by atoms with Crippen molar-refractivity contribution in [3.63, 3.8) is 0 Å². The maximum Gasteiger partial charge on any atom is 0.255 e. The van der Waals surface area contributed by atoms with E-state index >= 15 is 0 Å². The van der Waals surface area contributed by atoms with Gasteiger partial charge < -0.3 is 13.7 Å². The molecular weight excluding hydrogens is 290 g/mol. The number of hydrogen-bond donors (Lipinski definition) is 0. The Morgan fingerprint density at radius 1 is 1.22 bits per heavy atom. The minimum absolute atomic E-state index is 0.0264. The van der Waals surface area contributed by atoms with Crippen molar-refractivity contribution >= 4 is 11.6 Å². The molecule has 23 heavy (non-hydrogen) atoms. The highest BCUT2D eigenvalue weighted by atomic mass is 16.3. The molecule has 3 aromatic rings. The predicted octanol–water partition coefficient (Wildman–Crippen LogP) is 3.68. The molecule has 1 fully saturated rings. The number of amides is 1. The van der Waals surface area contributed by atoms with Crippen LogP contribution >= 0.6 is 0 Å². The Labute approximate surface area is 134 Å². The van der Waals surface area contributed by atoms with Gasteiger partial charge in [0.1, 0.15) is 11.4 Å². The summed E-state index contributed by atoms with van der Waals surface area (Å²) in [5.41, 5.74) is 1.54. The van der Waals surface area contributed by atoms with Gasteiger partial charge in [0, 0.05) is 25.1 Å². The average molecular weight is 309 g/mol. The van der Waals surface area contributed by atoms with E-state index in [2.05, 4.69) is 4.98 Å². The largest absolute Gasteiger partial charge is 0.467 e. The topological polar surface area (TPSA) is 50.8 Å². The van der Waals surface area contributed by atoms with Crippen molar-refractivity contribution in [2.45, 2.75) is 31.7 Å². The molecule has 0 saturated carbocycles. The second kappa shape index (κ2) is 5.91. The Morgan fingerprint density at radius 3 is 3.04 bits per heavy atom. The lowest BCUT2D eigenvalue weighted by Crippen LogP contribution is -2.34. The minimum Gasteiger partial charge on any atom is -0.467 e. The van der Waals surface area contributed by atoms with Gasteiger partial charge in [0.2, 0.25) is 0 Å². The number of carbonyl (C=O) groups is 1. The number of carbonyl (C=O) groups excluding carboxylic acids is 1. The van der Waals surface area contributed by atoms with Crippen molar-refractivity contribution in [3.8, 4) is 0 Å². The van der Waals surface area contributed by atoms with E-state index in [0.717, 1.165) is 43.6 Å². The highest BCUT2D eigenvalue weighted by Crippen LogP contribution is 2.31. The Kier molecular flexibility index (Phi) is 3.61. The van der Waals surface area contributed by atoms with Gasteiger partial charge in [-0.3, -0.25) is 4.79 Å². The number of hydrogen-bond acceptors (Lipinski definition) is 3. The molecule has 1 saturated heterocycles. The van der Waals surface area contributed by atoms with E-state index in [1.807, 2.05) is 46.0 Å². The molecule has 0 N–H and O–H groups in total. The Balaban J connectivity index is 1.68.